The Morgan fingerprint density at radius 1 is 1.33 bits per heavy atom. The number of aliphatic hydroxyl groups is 1. The van der Waals surface area contributed by atoms with Gasteiger partial charge in [-0.05, 0) is 18.2 Å². The molecule has 2 rings (SSSR count). The summed E-state index contributed by atoms with van der Waals surface area (Å²) < 4.78 is 0.907. The number of hydrogen-bond acceptors (Lipinski definition) is 2. The zero-order chi connectivity index (χ0) is 11.0. The molecule has 0 radical (unpaired) electrons. The summed E-state index contributed by atoms with van der Waals surface area (Å²) >= 11 is 15.3. The lowest BCUT2D eigenvalue weighted by Crippen LogP contribution is -1.92. The molecule has 0 fully saturated rings. The van der Waals surface area contributed by atoms with Gasteiger partial charge in [0.2, 0.25) is 0 Å². The first-order valence-electron chi connectivity index (χ1n) is 4.17. The lowest BCUT2D eigenvalue weighted by Gasteiger charge is -2.07. The van der Waals surface area contributed by atoms with Crippen LogP contribution in [0.25, 0.3) is 10.9 Å². The quantitative estimate of drug-likeness (QED) is 0.813. The average molecular weight is 307 g/mol. The highest BCUT2D eigenvalue weighted by molar-refractivity contribution is 9.10. The van der Waals surface area contributed by atoms with Gasteiger partial charge in [0.15, 0.2) is 0 Å². The first-order chi connectivity index (χ1) is 7.13. The van der Waals surface area contributed by atoms with Crippen molar-refractivity contribution in [2.45, 2.75) is 6.61 Å². The first-order valence-corrected chi connectivity index (χ1v) is 5.72. The molecule has 0 aliphatic heterocycles. The Hall–Kier alpha value is -0.350. The fourth-order valence-corrected chi connectivity index (χ4v) is 2.30. The van der Waals surface area contributed by atoms with E-state index in [1.54, 1.807) is 0 Å². The topological polar surface area (TPSA) is 33.1 Å². The van der Waals surface area contributed by atoms with Crippen LogP contribution in [0.15, 0.2) is 22.7 Å². The summed E-state index contributed by atoms with van der Waals surface area (Å²) in [5.41, 5.74) is 1.18. The summed E-state index contributed by atoms with van der Waals surface area (Å²) in [6, 6.07) is 5.53. The van der Waals surface area contributed by atoms with E-state index in [2.05, 4.69) is 20.9 Å². The van der Waals surface area contributed by atoms with Crippen molar-refractivity contribution in [1.82, 2.24) is 4.98 Å². The molecule has 2 aromatic rings. The van der Waals surface area contributed by atoms with E-state index in [0.29, 0.717) is 16.1 Å². The van der Waals surface area contributed by atoms with Crippen LogP contribution >= 0.6 is 39.1 Å². The van der Waals surface area contributed by atoms with Crippen molar-refractivity contribution in [2.75, 3.05) is 0 Å². The number of pyridine rings is 1. The molecule has 1 N–H and O–H groups in total. The summed E-state index contributed by atoms with van der Waals surface area (Å²) in [6.45, 7) is -0.215. The Morgan fingerprint density at radius 2 is 2.07 bits per heavy atom. The van der Waals surface area contributed by atoms with Crippen LogP contribution in [-0.2, 0) is 6.61 Å². The molecule has 1 heterocycles. The molecule has 1 aromatic carbocycles. The van der Waals surface area contributed by atoms with E-state index in [1.807, 2.05) is 18.2 Å². The predicted molar refractivity (Wildman–Crippen MR) is 65.4 cm³/mol. The van der Waals surface area contributed by atoms with Crippen molar-refractivity contribution in [3.05, 3.63) is 38.4 Å². The standard InChI is InChI=1S/C10H6BrCl2NO/c11-5-1-2-8-6(3-5)9(12)7(4-15)10(13)14-8/h1-3,15H,4H2. The first kappa shape index (κ1) is 11.1. The van der Waals surface area contributed by atoms with Crippen LogP contribution < -0.4 is 0 Å². The molecule has 0 spiro atoms. The third-order valence-corrected chi connectivity index (χ3v) is 3.32. The Kier molecular flexibility index (Phi) is 3.16. The fraction of sp³-hybridized carbons (Fsp3) is 0.100. The number of halogens is 3. The van der Waals surface area contributed by atoms with E-state index in [1.165, 1.54) is 0 Å². The van der Waals surface area contributed by atoms with Gasteiger partial charge in [-0.15, -0.1) is 0 Å². The second-order valence-corrected chi connectivity index (χ2v) is 4.67. The zero-order valence-corrected chi connectivity index (χ0v) is 10.6. The lowest BCUT2D eigenvalue weighted by atomic mass is 10.1. The third kappa shape index (κ3) is 1.97. The Labute approximate surface area is 105 Å². The highest BCUT2D eigenvalue weighted by Crippen LogP contribution is 2.32. The second-order valence-electron chi connectivity index (χ2n) is 3.01. The van der Waals surface area contributed by atoms with Gasteiger partial charge in [0.25, 0.3) is 0 Å². The van der Waals surface area contributed by atoms with E-state index < -0.39 is 0 Å². The number of benzene rings is 1. The molecule has 15 heavy (non-hydrogen) atoms. The normalized spacial score (nSPS) is 10.9. The Bertz CT molecular complexity index is 530. The van der Waals surface area contributed by atoms with Crippen molar-refractivity contribution in [3.8, 4) is 0 Å². The van der Waals surface area contributed by atoms with Crippen molar-refractivity contribution >= 4 is 50.0 Å². The zero-order valence-electron chi connectivity index (χ0n) is 7.47. The summed E-state index contributed by atoms with van der Waals surface area (Å²) in [5.74, 6) is 0. The number of aromatic nitrogens is 1. The summed E-state index contributed by atoms with van der Waals surface area (Å²) in [4.78, 5) is 4.15. The molecule has 0 amide bonds. The third-order valence-electron chi connectivity index (χ3n) is 2.09. The van der Waals surface area contributed by atoms with Crippen molar-refractivity contribution in [2.24, 2.45) is 0 Å². The molecule has 0 atom stereocenters. The van der Waals surface area contributed by atoms with E-state index >= 15 is 0 Å². The fourth-order valence-electron chi connectivity index (χ4n) is 1.34. The largest absolute Gasteiger partial charge is 0.392 e. The van der Waals surface area contributed by atoms with Crippen LogP contribution in [0.3, 0.4) is 0 Å². The van der Waals surface area contributed by atoms with Crippen LogP contribution in [0.4, 0.5) is 0 Å². The summed E-state index contributed by atoms with van der Waals surface area (Å²) in [6.07, 6.45) is 0. The van der Waals surface area contributed by atoms with Crippen molar-refractivity contribution in [1.29, 1.82) is 0 Å². The number of nitrogens with zero attached hydrogens (tertiary/aromatic N) is 1. The molecule has 1 aromatic heterocycles. The molecule has 0 aliphatic rings. The average Bonchev–Trinajstić information content (AvgIpc) is 2.20. The monoisotopic (exact) mass is 305 g/mol. The SMILES string of the molecule is OCc1c(Cl)nc2ccc(Br)cc2c1Cl. The van der Waals surface area contributed by atoms with Gasteiger partial charge in [-0.25, -0.2) is 4.98 Å². The molecule has 0 unspecified atom stereocenters. The highest BCUT2D eigenvalue weighted by Gasteiger charge is 2.11. The minimum Gasteiger partial charge on any atom is -0.392 e. The van der Waals surface area contributed by atoms with Crippen LogP contribution in [-0.4, -0.2) is 10.1 Å². The molecule has 2 nitrogen and oxygen atoms in total. The van der Waals surface area contributed by atoms with E-state index in [9.17, 15) is 0 Å². The molecule has 0 saturated heterocycles. The molecule has 0 aliphatic carbocycles. The smallest absolute Gasteiger partial charge is 0.136 e. The maximum Gasteiger partial charge on any atom is 0.136 e. The van der Waals surface area contributed by atoms with Crippen molar-refractivity contribution < 1.29 is 5.11 Å². The lowest BCUT2D eigenvalue weighted by molar-refractivity contribution is 0.282. The van der Waals surface area contributed by atoms with Crippen LogP contribution in [0.1, 0.15) is 5.56 Å². The van der Waals surface area contributed by atoms with Gasteiger partial charge < -0.3 is 5.11 Å². The summed E-state index contributed by atoms with van der Waals surface area (Å²) in [5, 5.41) is 10.6. The second kappa shape index (κ2) is 4.26. The van der Waals surface area contributed by atoms with E-state index in [0.717, 1.165) is 9.86 Å². The molecule has 5 heteroatoms. The van der Waals surface area contributed by atoms with Crippen LogP contribution in [0.2, 0.25) is 10.2 Å². The van der Waals surface area contributed by atoms with Gasteiger partial charge in [-0.1, -0.05) is 39.1 Å². The van der Waals surface area contributed by atoms with Crippen LogP contribution in [0.5, 0.6) is 0 Å². The van der Waals surface area contributed by atoms with Gasteiger partial charge in [-0.2, -0.15) is 0 Å². The van der Waals surface area contributed by atoms with Gasteiger partial charge in [0, 0.05) is 15.4 Å². The number of fused-ring (bicyclic) bond motifs is 1. The predicted octanol–water partition coefficient (Wildman–Crippen LogP) is 3.80. The number of rotatable bonds is 1. The maximum atomic E-state index is 9.11. The highest BCUT2D eigenvalue weighted by atomic mass is 79.9. The maximum absolute atomic E-state index is 9.11. The molecule has 0 saturated carbocycles. The molecule has 0 bridgehead atoms. The van der Waals surface area contributed by atoms with Crippen LogP contribution in [0, 0.1) is 0 Å². The summed E-state index contributed by atoms with van der Waals surface area (Å²) in [7, 11) is 0. The minimum atomic E-state index is -0.215. The van der Waals surface area contributed by atoms with E-state index in [4.69, 9.17) is 28.3 Å². The molecular weight excluding hydrogens is 301 g/mol. The minimum absolute atomic E-state index is 0.215. The van der Waals surface area contributed by atoms with Gasteiger partial charge in [0.05, 0.1) is 17.1 Å². The van der Waals surface area contributed by atoms with Crippen molar-refractivity contribution in [3.63, 3.8) is 0 Å². The van der Waals surface area contributed by atoms with Gasteiger partial charge in [0.1, 0.15) is 5.15 Å². The molecular formula is C10H6BrCl2NO. The Morgan fingerprint density at radius 3 is 2.73 bits per heavy atom. The number of hydrogen-bond donors (Lipinski definition) is 1. The number of aliphatic hydroxyl groups excluding tert-OH is 1. The van der Waals surface area contributed by atoms with E-state index in [-0.39, 0.29) is 11.8 Å². The van der Waals surface area contributed by atoms with Gasteiger partial charge in [-0.3, -0.25) is 0 Å². The molecule has 78 valence electrons. The Balaban J connectivity index is 2.86. The van der Waals surface area contributed by atoms with Gasteiger partial charge >= 0.3 is 0 Å².